The molecule has 1 rings (SSSR count). The van der Waals surface area contributed by atoms with E-state index < -0.39 is 0 Å². The maximum absolute atomic E-state index is 7.16. The molecule has 0 radical (unpaired) electrons. The van der Waals surface area contributed by atoms with Crippen LogP contribution < -0.4 is 5.73 Å². The molecule has 0 aromatic rings. The first-order valence-electron chi connectivity index (χ1n) is 3.82. The van der Waals surface area contributed by atoms with E-state index in [1.54, 1.807) is 6.08 Å². The fraction of sp³-hybridized carbons (Fsp3) is 0.625. The van der Waals surface area contributed by atoms with Gasteiger partial charge >= 0.3 is 0 Å². The highest BCUT2D eigenvalue weighted by atomic mass is 14.6. The highest BCUT2D eigenvalue weighted by Crippen LogP contribution is 2.09. The SMILES string of the molecule is CC.N=C1C=C(N)CCC1. The molecule has 0 saturated carbocycles. The van der Waals surface area contributed by atoms with Gasteiger partial charge in [0.2, 0.25) is 0 Å². The molecular weight excluding hydrogens is 124 g/mol. The molecule has 0 heterocycles. The Labute approximate surface area is 62.6 Å². The zero-order valence-electron chi connectivity index (χ0n) is 6.78. The first-order chi connectivity index (χ1) is 4.79. The molecule has 0 atom stereocenters. The van der Waals surface area contributed by atoms with Crippen molar-refractivity contribution < 1.29 is 0 Å². The van der Waals surface area contributed by atoms with E-state index in [0.29, 0.717) is 5.71 Å². The van der Waals surface area contributed by atoms with Crippen LogP contribution in [0.4, 0.5) is 0 Å². The third-order valence-corrected chi connectivity index (χ3v) is 1.27. The molecule has 1 aliphatic rings. The Morgan fingerprint density at radius 3 is 2.30 bits per heavy atom. The molecule has 2 nitrogen and oxygen atoms in total. The van der Waals surface area contributed by atoms with Crippen molar-refractivity contribution in [2.24, 2.45) is 5.73 Å². The van der Waals surface area contributed by atoms with Gasteiger partial charge in [-0.2, -0.15) is 0 Å². The summed E-state index contributed by atoms with van der Waals surface area (Å²) in [5, 5.41) is 7.16. The summed E-state index contributed by atoms with van der Waals surface area (Å²) in [6.07, 6.45) is 4.69. The molecule has 0 fully saturated rings. The molecule has 0 amide bonds. The third-order valence-electron chi connectivity index (χ3n) is 1.27. The molecule has 58 valence electrons. The Kier molecular flexibility index (Phi) is 4.63. The van der Waals surface area contributed by atoms with Crippen molar-refractivity contribution in [3.05, 3.63) is 11.8 Å². The van der Waals surface area contributed by atoms with Gasteiger partial charge in [-0.15, -0.1) is 0 Å². The van der Waals surface area contributed by atoms with Crippen molar-refractivity contribution in [3.63, 3.8) is 0 Å². The molecule has 3 N–H and O–H groups in total. The maximum Gasteiger partial charge on any atom is 0.0331 e. The largest absolute Gasteiger partial charge is 0.402 e. The summed E-state index contributed by atoms with van der Waals surface area (Å²) in [5.41, 5.74) is 6.98. The van der Waals surface area contributed by atoms with Gasteiger partial charge in [0.1, 0.15) is 0 Å². The van der Waals surface area contributed by atoms with Gasteiger partial charge in [0.15, 0.2) is 0 Å². The Bertz CT molecular complexity index is 136. The monoisotopic (exact) mass is 140 g/mol. The van der Waals surface area contributed by atoms with E-state index in [9.17, 15) is 0 Å². The lowest BCUT2D eigenvalue weighted by Crippen LogP contribution is -2.07. The molecule has 0 spiro atoms. The molecule has 0 unspecified atom stereocenters. The Morgan fingerprint density at radius 2 is 2.00 bits per heavy atom. The van der Waals surface area contributed by atoms with Gasteiger partial charge in [-0.25, -0.2) is 0 Å². The summed E-state index contributed by atoms with van der Waals surface area (Å²) in [6, 6.07) is 0. The van der Waals surface area contributed by atoms with Crippen LogP contribution in [0.2, 0.25) is 0 Å². The Balaban J connectivity index is 0.000000371. The highest BCUT2D eigenvalue weighted by Gasteiger charge is 2.01. The van der Waals surface area contributed by atoms with Crippen molar-refractivity contribution in [1.82, 2.24) is 0 Å². The average molecular weight is 140 g/mol. The highest BCUT2D eigenvalue weighted by molar-refractivity contribution is 5.93. The second-order valence-electron chi connectivity index (χ2n) is 2.10. The molecular formula is C8H16N2. The summed E-state index contributed by atoms with van der Waals surface area (Å²) >= 11 is 0. The molecule has 0 aromatic carbocycles. The van der Waals surface area contributed by atoms with Gasteiger partial charge < -0.3 is 11.1 Å². The van der Waals surface area contributed by atoms with Crippen LogP contribution >= 0.6 is 0 Å². The number of nitrogens with one attached hydrogen (secondary N) is 1. The van der Waals surface area contributed by atoms with Crippen LogP contribution in [-0.2, 0) is 0 Å². The quantitative estimate of drug-likeness (QED) is 0.531. The first-order valence-corrected chi connectivity index (χ1v) is 3.82. The standard InChI is InChI=1S/C6H10N2.C2H6/c7-5-2-1-3-6(8)4-5;1-2/h4,7H,1-3,8H2;1-2H3. The van der Waals surface area contributed by atoms with Crippen LogP contribution in [-0.4, -0.2) is 5.71 Å². The fourth-order valence-corrected chi connectivity index (χ4v) is 0.851. The fourth-order valence-electron chi connectivity index (χ4n) is 0.851. The van der Waals surface area contributed by atoms with Crippen LogP contribution in [0.1, 0.15) is 33.1 Å². The van der Waals surface area contributed by atoms with Crippen LogP contribution in [0.3, 0.4) is 0 Å². The van der Waals surface area contributed by atoms with Crippen LogP contribution in [0.5, 0.6) is 0 Å². The lowest BCUT2D eigenvalue weighted by atomic mass is 10.0. The van der Waals surface area contributed by atoms with Gasteiger partial charge in [0, 0.05) is 11.4 Å². The lowest BCUT2D eigenvalue weighted by molar-refractivity contribution is 0.823. The second kappa shape index (κ2) is 5.03. The second-order valence-corrected chi connectivity index (χ2v) is 2.10. The maximum atomic E-state index is 7.16. The average Bonchev–Trinajstić information content (AvgIpc) is 1.91. The predicted octanol–water partition coefficient (Wildman–Crippen LogP) is 2.06. The summed E-state index contributed by atoms with van der Waals surface area (Å²) in [4.78, 5) is 0. The summed E-state index contributed by atoms with van der Waals surface area (Å²) in [7, 11) is 0. The molecule has 0 saturated heterocycles. The van der Waals surface area contributed by atoms with Crippen LogP contribution in [0, 0.1) is 5.41 Å². The van der Waals surface area contributed by atoms with Crippen molar-refractivity contribution in [2.75, 3.05) is 0 Å². The van der Waals surface area contributed by atoms with Gasteiger partial charge in [-0.1, -0.05) is 13.8 Å². The summed E-state index contributed by atoms with van der Waals surface area (Å²) in [6.45, 7) is 4.00. The minimum absolute atomic E-state index is 0.675. The molecule has 0 aromatic heterocycles. The number of hydrogen-bond donors (Lipinski definition) is 2. The Hall–Kier alpha value is -0.790. The molecule has 2 heteroatoms. The van der Waals surface area contributed by atoms with Gasteiger partial charge in [0.05, 0.1) is 0 Å². The first kappa shape index (κ1) is 9.21. The van der Waals surface area contributed by atoms with Gasteiger partial charge in [-0.05, 0) is 25.3 Å². The zero-order valence-corrected chi connectivity index (χ0v) is 6.78. The molecule has 0 aliphatic heterocycles. The minimum Gasteiger partial charge on any atom is -0.402 e. The van der Waals surface area contributed by atoms with E-state index in [2.05, 4.69) is 0 Å². The van der Waals surface area contributed by atoms with E-state index in [1.807, 2.05) is 13.8 Å². The molecule has 0 bridgehead atoms. The third kappa shape index (κ3) is 3.28. The zero-order chi connectivity index (χ0) is 7.98. The smallest absolute Gasteiger partial charge is 0.0331 e. The summed E-state index contributed by atoms with van der Waals surface area (Å²) in [5.74, 6) is 0. The predicted molar refractivity (Wildman–Crippen MR) is 45.2 cm³/mol. The van der Waals surface area contributed by atoms with Gasteiger partial charge in [0.25, 0.3) is 0 Å². The van der Waals surface area contributed by atoms with E-state index in [4.69, 9.17) is 11.1 Å². The van der Waals surface area contributed by atoms with E-state index in [0.717, 1.165) is 25.0 Å². The number of hydrogen-bond acceptors (Lipinski definition) is 2. The lowest BCUT2D eigenvalue weighted by Gasteiger charge is -2.07. The minimum atomic E-state index is 0.675. The number of allylic oxidation sites excluding steroid dienone is 2. The number of rotatable bonds is 0. The van der Waals surface area contributed by atoms with E-state index in [-0.39, 0.29) is 0 Å². The summed E-state index contributed by atoms with van der Waals surface area (Å²) < 4.78 is 0. The van der Waals surface area contributed by atoms with Crippen molar-refractivity contribution in [1.29, 1.82) is 5.41 Å². The van der Waals surface area contributed by atoms with Gasteiger partial charge in [-0.3, -0.25) is 0 Å². The van der Waals surface area contributed by atoms with E-state index in [1.165, 1.54) is 0 Å². The Morgan fingerprint density at radius 1 is 1.40 bits per heavy atom. The topological polar surface area (TPSA) is 49.9 Å². The van der Waals surface area contributed by atoms with E-state index >= 15 is 0 Å². The van der Waals surface area contributed by atoms with Crippen molar-refractivity contribution in [2.45, 2.75) is 33.1 Å². The van der Waals surface area contributed by atoms with Crippen molar-refractivity contribution >= 4 is 5.71 Å². The number of nitrogens with two attached hydrogens (primary N) is 1. The molecule has 10 heavy (non-hydrogen) atoms. The van der Waals surface area contributed by atoms with Crippen LogP contribution in [0.25, 0.3) is 0 Å². The van der Waals surface area contributed by atoms with Crippen molar-refractivity contribution in [3.8, 4) is 0 Å². The normalized spacial score (nSPS) is 17.0. The molecule has 1 aliphatic carbocycles. The van der Waals surface area contributed by atoms with Crippen LogP contribution in [0.15, 0.2) is 11.8 Å².